The first-order chi connectivity index (χ1) is 8.60. The highest BCUT2D eigenvalue weighted by molar-refractivity contribution is 5.81. The van der Waals surface area contributed by atoms with Gasteiger partial charge in [-0.3, -0.25) is 9.69 Å². The Morgan fingerprint density at radius 2 is 2.06 bits per heavy atom. The minimum Gasteiger partial charge on any atom is -0.396 e. The summed E-state index contributed by atoms with van der Waals surface area (Å²) in [6.07, 6.45) is 1.66. The highest BCUT2D eigenvalue weighted by atomic mass is 16.3. The third kappa shape index (κ3) is 1.96. The van der Waals surface area contributed by atoms with Gasteiger partial charge >= 0.3 is 0 Å². The molecule has 1 saturated carbocycles. The van der Waals surface area contributed by atoms with Crippen LogP contribution < -0.4 is 5.32 Å². The Labute approximate surface area is 107 Å². The van der Waals surface area contributed by atoms with Crippen LogP contribution in [0.4, 0.5) is 0 Å². The number of amides is 1. The molecule has 18 heavy (non-hydrogen) atoms. The number of nitrogens with zero attached hydrogens (tertiary/aromatic N) is 1. The van der Waals surface area contributed by atoms with E-state index < -0.39 is 0 Å². The number of fused-ring (bicyclic) bond motifs is 1. The number of carbonyl (C=O) groups excluding carboxylic acids is 1. The van der Waals surface area contributed by atoms with Crippen molar-refractivity contribution in [2.24, 2.45) is 17.3 Å². The molecule has 1 aliphatic carbocycles. The van der Waals surface area contributed by atoms with Crippen molar-refractivity contribution >= 4 is 5.91 Å². The lowest BCUT2D eigenvalue weighted by molar-refractivity contribution is -0.125. The minimum absolute atomic E-state index is 0.00907. The van der Waals surface area contributed by atoms with Gasteiger partial charge in [0.25, 0.3) is 0 Å². The first-order valence-corrected chi connectivity index (χ1v) is 6.45. The van der Waals surface area contributed by atoms with Crippen molar-refractivity contribution in [3.8, 4) is 0 Å². The Morgan fingerprint density at radius 3 is 2.50 bits per heavy atom. The quantitative estimate of drug-likeness (QED) is 0.543. The van der Waals surface area contributed by atoms with Gasteiger partial charge in [0.2, 0.25) is 5.91 Å². The molecule has 5 nitrogen and oxygen atoms in total. The summed E-state index contributed by atoms with van der Waals surface area (Å²) in [7, 11) is 0. The zero-order valence-electron chi connectivity index (χ0n) is 10.8. The van der Waals surface area contributed by atoms with E-state index in [1.54, 1.807) is 6.08 Å². The second-order valence-electron chi connectivity index (χ2n) is 5.43. The van der Waals surface area contributed by atoms with E-state index in [0.29, 0.717) is 18.4 Å². The van der Waals surface area contributed by atoms with Crippen molar-refractivity contribution in [2.45, 2.75) is 13.0 Å². The maximum Gasteiger partial charge on any atom is 0.237 e. The van der Waals surface area contributed by atoms with Gasteiger partial charge in [-0.25, -0.2) is 0 Å². The number of carbonyl (C=O) groups is 1. The van der Waals surface area contributed by atoms with Crippen LogP contribution in [-0.2, 0) is 4.79 Å². The van der Waals surface area contributed by atoms with Gasteiger partial charge in [0.15, 0.2) is 0 Å². The van der Waals surface area contributed by atoms with E-state index in [4.69, 9.17) is 0 Å². The fourth-order valence-corrected chi connectivity index (χ4v) is 3.19. The van der Waals surface area contributed by atoms with Gasteiger partial charge in [0, 0.05) is 25.0 Å². The fraction of sp³-hybridized carbons (Fsp3) is 0.769. The van der Waals surface area contributed by atoms with Crippen molar-refractivity contribution in [1.82, 2.24) is 10.2 Å². The lowest BCUT2D eigenvalue weighted by atomic mass is 10.0. The number of hydrogen-bond donors (Lipinski definition) is 3. The van der Waals surface area contributed by atoms with Crippen LogP contribution in [0.5, 0.6) is 0 Å². The molecule has 1 amide bonds. The van der Waals surface area contributed by atoms with Crippen LogP contribution in [0.1, 0.15) is 6.92 Å². The van der Waals surface area contributed by atoms with Gasteiger partial charge in [-0.2, -0.15) is 0 Å². The lowest BCUT2D eigenvalue weighted by Gasteiger charge is -2.28. The molecule has 1 aliphatic heterocycles. The van der Waals surface area contributed by atoms with E-state index in [9.17, 15) is 15.0 Å². The van der Waals surface area contributed by atoms with E-state index in [1.165, 1.54) is 0 Å². The highest BCUT2D eigenvalue weighted by Crippen LogP contribution is 2.62. The van der Waals surface area contributed by atoms with Crippen molar-refractivity contribution in [3.63, 3.8) is 0 Å². The average Bonchev–Trinajstić information content (AvgIpc) is 2.76. The Morgan fingerprint density at radius 1 is 1.50 bits per heavy atom. The molecule has 0 radical (unpaired) electrons. The summed E-state index contributed by atoms with van der Waals surface area (Å²) in [5.74, 6) is 0.680. The number of piperidine rings is 1. The van der Waals surface area contributed by atoms with Crippen molar-refractivity contribution in [3.05, 3.63) is 12.7 Å². The minimum atomic E-state index is -0.284. The van der Waals surface area contributed by atoms with Gasteiger partial charge in [0.05, 0.1) is 19.3 Å². The second kappa shape index (κ2) is 4.99. The Balaban J connectivity index is 1.85. The predicted octanol–water partition coefficient (Wildman–Crippen LogP) is -0.790. The standard InChI is InChI=1S/C13H22N2O3/c1-3-4-14-12(18)9(2)15-5-10-11(6-15)13(10,7-16)8-17/h3,9-11,16-17H,1,4-8H2,2H3,(H,14,18). The third-order valence-electron chi connectivity index (χ3n) is 4.65. The topological polar surface area (TPSA) is 72.8 Å². The van der Waals surface area contributed by atoms with E-state index in [-0.39, 0.29) is 30.6 Å². The Bertz CT molecular complexity index is 327. The number of aliphatic hydroxyl groups excluding tert-OH is 2. The molecule has 1 saturated heterocycles. The van der Waals surface area contributed by atoms with E-state index >= 15 is 0 Å². The first-order valence-electron chi connectivity index (χ1n) is 6.45. The molecule has 0 spiro atoms. The molecule has 5 heteroatoms. The molecule has 2 aliphatic rings. The summed E-state index contributed by atoms with van der Waals surface area (Å²) < 4.78 is 0. The summed E-state index contributed by atoms with van der Waals surface area (Å²) in [6, 6.07) is -0.159. The van der Waals surface area contributed by atoms with Gasteiger partial charge in [0.1, 0.15) is 0 Å². The monoisotopic (exact) mass is 254 g/mol. The Hall–Kier alpha value is -0.910. The molecule has 3 N–H and O–H groups in total. The third-order valence-corrected chi connectivity index (χ3v) is 4.65. The van der Waals surface area contributed by atoms with Gasteiger partial charge in [-0.15, -0.1) is 6.58 Å². The molecule has 0 aromatic heterocycles. The normalized spacial score (nSPS) is 30.6. The van der Waals surface area contributed by atoms with Crippen molar-refractivity contribution in [1.29, 1.82) is 0 Å². The molecule has 3 unspecified atom stereocenters. The second-order valence-corrected chi connectivity index (χ2v) is 5.43. The lowest BCUT2D eigenvalue weighted by Crippen LogP contribution is -2.46. The number of nitrogens with one attached hydrogen (secondary N) is 1. The molecule has 0 bridgehead atoms. The van der Waals surface area contributed by atoms with Gasteiger partial charge in [-0.05, 0) is 18.8 Å². The molecule has 0 aromatic rings. The van der Waals surface area contributed by atoms with E-state index in [2.05, 4.69) is 16.8 Å². The van der Waals surface area contributed by atoms with Crippen LogP contribution >= 0.6 is 0 Å². The van der Waals surface area contributed by atoms with Crippen LogP contribution in [0.15, 0.2) is 12.7 Å². The number of likely N-dealkylation sites (tertiary alicyclic amines) is 1. The fourth-order valence-electron chi connectivity index (χ4n) is 3.19. The summed E-state index contributed by atoms with van der Waals surface area (Å²) in [5.41, 5.74) is -0.284. The molecule has 3 atom stereocenters. The molecular formula is C13H22N2O3. The van der Waals surface area contributed by atoms with Crippen LogP contribution in [0, 0.1) is 17.3 Å². The number of rotatable bonds is 6. The first kappa shape index (κ1) is 13.5. The van der Waals surface area contributed by atoms with Crippen molar-refractivity contribution < 1.29 is 15.0 Å². The summed E-state index contributed by atoms with van der Waals surface area (Å²) >= 11 is 0. The average molecular weight is 254 g/mol. The smallest absolute Gasteiger partial charge is 0.237 e. The van der Waals surface area contributed by atoms with E-state index in [0.717, 1.165) is 13.1 Å². The van der Waals surface area contributed by atoms with Crippen LogP contribution in [0.3, 0.4) is 0 Å². The highest BCUT2D eigenvalue weighted by Gasteiger charge is 2.67. The van der Waals surface area contributed by atoms with Crippen LogP contribution in [0.2, 0.25) is 0 Å². The van der Waals surface area contributed by atoms with E-state index in [1.807, 2.05) is 6.92 Å². The zero-order chi connectivity index (χ0) is 13.3. The summed E-state index contributed by atoms with van der Waals surface area (Å²) in [6.45, 7) is 7.61. The molecular weight excluding hydrogens is 232 g/mol. The van der Waals surface area contributed by atoms with Crippen molar-refractivity contribution in [2.75, 3.05) is 32.8 Å². The summed E-state index contributed by atoms with van der Waals surface area (Å²) in [5, 5.41) is 21.5. The van der Waals surface area contributed by atoms with Gasteiger partial charge in [-0.1, -0.05) is 6.08 Å². The van der Waals surface area contributed by atoms with Crippen LogP contribution in [-0.4, -0.2) is 59.9 Å². The summed E-state index contributed by atoms with van der Waals surface area (Å²) in [4.78, 5) is 13.9. The van der Waals surface area contributed by atoms with Gasteiger partial charge < -0.3 is 15.5 Å². The number of aliphatic hydroxyl groups is 2. The Kier molecular flexibility index (Phi) is 3.75. The zero-order valence-corrected chi connectivity index (χ0v) is 10.8. The molecule has 0 aromatic carbocycles. The SMILES string of the molecule is C=CCNC(=O)C(C)N1CC2C(C1)C2(CO)CO. The maximum absolute atomic E-state index is 11.8. The maximum atomic E-state index is 11.8. The molecule has 102 valence electrons. The largest absolute Gasteiger partial charge is 0.396 e. The predicted molar refractivity (Wildman–Crippen MR) is 67.8 cm³/mol. The van der Waals surface area contributed by atoms with Crippen LogP contribution in [0.25, 0.3) is 0 Å². The molecule has 2 rings (SSSR count). The molecule has 1 heterocycles. The number of hydrogen-bond acceptors (Lipinski definition) is 4. The molecule has 2 fully saturated rings.